The van der Waals surface area contributed by atoms with Crippen LogP contribution in [0.4, 0.5) is 5.69 Å². The normalized spacial score (nSPS) is 27.2. The van der Waals surface area contributed by atoms with E-state index < -0.39 is 5.97 Å². The summed E-state index contributed by atoms with van der Waals surface area (Å²) in [6.45, 7) is -0.162. The van der Waals surface area contributed by atoms with E-state index in [1.54, 1.807) is 24.3 Å². The molecule has 2 aliphatic rings. The van der Waals surface area contributed by atoms with E-state index in [9.17, 15) is 9.59 Å². The second kappa shape index (κ2) is 7.85. The molecule has 3 N–H and O–H groups in total. The highest BCUT2D eigenvalue weighted by Crippen LogP contribution is 2.47. The summed E-state index contributed by atoms with van der Waals surface area (Å²) in [4.78, 5) is 23.6. The lowest BCUT2D eigenvalue weighted by atomic mass is 9.84. The predicted molar refractivity (Wildman–Crippen MR) is 92.1 cm³/mol. The number of ether oxygens (including phenoxy) is 2. The highest BCUT2D eigenvalue weighted by molar-refractivity contribution is 5.93. The number of anilines is 1. The van der Waals surface area contributed by atoms with Crippen LogP contribution in [-0.2, 0) is 14.3 Å². The van der Waals surface area contributed by atoms with Crippen LogP contribution in [0.15, 0.2) is 24.3 Å². The first-order valence-electron chi connectivity index (χ1n) is 7.94. The quantitative estimate of drug-likeness (QED) is 0.789. The van der Waals surface area contributed by atoms with Crippen LogP contribution >= 0.6 is 12.4 Å². The Balaban J connectivity index is 0.00000208. The molecule has 0 aromatic heterocycles. The van der Waals surface area contributed by atoms with Crippen molar-refractivity contribution in [3.8, 4) is 5.75 Å². The fourth-order valence-electron chi connectivity index (χ4n) is 3.82. The maximum absolute atomic E-state index is 12.5. The fourth-order valence-corrected chi connectivity index (χ4v) is 3.82. The molecule has 2 saturated carbocycles. The first-order valence-corrected chi connectivity index (χ1v) is 7.94. The molecular weight excluding hydrogens is 332 g/mol. The van der Waals surface area contributed by atoms with E-state index in [2.05, 4.69) is 10.1 Å². The summed E-state index contributed by atoms with van der Waals surface area (Å²) in [6, 6.07) is 6.94. The molecule has 1 aromatic carbocycles. The van der Waals surface area contributed by atoms with Gasteiger partial charge in [-0.2, -0.15) is 0 Å². The monoisotopic (exact) mass is 354 g/mol. The number of methoxy groups -OCH3 is 1. The molecule has 4 atom stereocenters. The largest absolute Gasteiger partial charge is 0.482 e. The van der Waals surface area contributed by atoms with Gasteiger partial charge in [-0.3, -0.25) is 4.79 Å². The van der Waals surface area contributed by atoms with E-state index in [1.807, 2.05) is 0 Å². The highest BCUT2D eigenvalue weighted by atomic mass is 35.5. The smallest absolute Gasteiger partial charge is 0.343 e. The summed E-state index contributed by atoms with van der Waals surface area (Å²) in [5, 5.41) is 2.93. The van der Waals surface area contributed by atoms with Crippen LogP contribution < -0.4 is 15.8 Å². The average Bonchev–Trinajstić information content (AvgIpc) is 3.13. The summed E-state index contributed by atoms with van der Waals surface area (Å²) >= 11 is 0. The number of nitrogens with two attached hydrogens (primary N) is 1. The molecule has 2 fully saturated rings. The molecule has 6 nitrogen and oxygen atoms in total. The summed E-state index contributed by atoms with van der Waals surface area (Å²) < 4.78 is 9.85. The number of carbonyl (C=O) groups excluding carboxylic acids is 2. The van der Waals surface area contributed by atoms with Gasteiger partial charge in [-0.25, -0.2) is 4.79 Å². The average molecular weight is 355 g/mol. The van der Waals surface area contributed by atoms with E-state index in [0.717, 1.165) is 19.3 Å². The molecule has 0 aliphatic heterocycles. The van der Waals surface area contributed by atoms with Crippen molar-refractivity contribution in [1.29, 1.82) is 0 Å². The van der Waals surface area contributed by atoms with E-state index in [0.29, 0.717) is 23.3 Å². The van der Waals surface area contributed by atoms with E-state index >= 15 is 0 Å². The summed E-state index contributed by atoms with van der Waals surface area (Å²) in [6.07, 6.45) is 3.31. The van der Waals surface area contributed by atoms with Crippen molar-refractivity contribution in [1.82, 2.24) is 0 Å². The van der Waals surface area contributed by atoms with Crippen molar-refractivity contribution in [2.75, 3.05) is 19.0 Å². The Labute approximate surface area is 147 Å². The van der Waals surface area contributed by atoms with Crippen LogP contribution in [0.3, 0.4) is 0 Å². The molecular formula is C17H23ClN2O4. The number of carbonyl (C=O) groups is 2. The topological polar surface area (TPSA) is 90.6 Å². The maximum atomic E-state index is 12.5. The van der Waals surface area contributed by atoms with E-state index in [1.165, 1.54) is 7.11 Å². The molecule has 0 radical (unpaired) electrons. The zero-order valence-corrected chi connectivity index (χ0v) is 14.4. The molecule has 3 rings (SSSR count). The first-order chi connectivity index (χ1) is 11.1. The van der Waals surface area contributed by atoms with Gasteiger partial charge in [-0.05, 0) is 43.2 Å². The molecule has 2 aliphatic carbocycles. The van der Waals surface area contributed by atoms with Crippen LogP contribution in [0.5, 0.6) is 5.75 Å². The third kappa shape index (κ3) is 3.82. The van der Waals surface area contributed by atoms with Crippen molar-refractivity contribution < 1.29 is 19.1 Å². The van der Waals surface area contributed by atoms with Gasteiger partial charge < -0.3 is 20.5 Å². The van der Waals surface area contributed by atoms with Crippen molar-refractivity contribution >= 4 is 30.0 Å². The van der Waals surface area contributed by atoms with Crippen LogP contribution in [0.25, 0.3) is 0 Å². The molecule has 132 valence electrons. The Hall–Kier alpha value is -1.79. The Bertz CT molecular complexity index is 608. The fraction of sp³-hybridized carbons (Fsp3) is 0.529. The van der Waals surface area contributed by atoms with Crippen LogP contribution in [0, 0.1) is 17.8 Å². The van der Waals surface area contributed by atoms with Crippen LogP contribution in [-0.4, -0.2) is 31.6 Å². The standard InChI is InChI=1S/C17H22N2O4.ClH/c1-22-14(20)9-23-13-4-2-3-12(8-13)19-17(21)15-10-5-6-11(7-10)16(15)18;/h2-4,8,10-11,15-16H,5-7,9,18H2,1H3,(H,19,21);1H. The molecule has 1 aromatic rings. The molecule has 0 saturated heterocycles. The molecule has 4 unspecified atom stereocenters. The Morgan fingerprint density at radius 3 is 2.71 bits per heavy atom. The Morgan fingerprint density at radius 1 is 1.29 bits per heavy atom. The maximum Gasteiger partial charge on any atom is 0.343 e. The van der Waals surface area contributed by atoms with Gasteiger partial charge in [0, 0.05) is 17.8 Å². The minimum atomic E-state index is -0.451. The second-order valence-corrected chi connectivity index (χ2v) is 6.32. The first kappa shape index (κ1) is 18.5. The van der Waals surface area contributed by atoms with Crippen LogP contribution in [0.2, 0.25) is 0 Å². The van der Waals surface area contributed by atoms with Gasteiger partial charge in [0.15, 0.2) is 6.61 Å². The van der Waals surface area contributed by atoms with Gasteiger partial charge in [0.05, 0.1) is 13.0 Å². The minimum absolute atomic E-state index is 0. The Morgan fingerprint density at radius 2 is 2.04 bits per heavy atom. The summed E-state index contributed by atoms with van der Waals surface area (Å²) in [5.74, 6) is 0.834. The van der Waals surface area contributed by atoms with Gasteiger partial charge >= 0.3 is 5.97 Å². The van der Waals surface area contributed by atoms with Crippen molar-refractivity contribution in [3.63, 3.8) is 0 Å². The predicted octanol–water partition coefficient (Wildman–Crippen LogP) is 1.97. The Kier molecular flexibility index (Phi) is 6.07. The zero-order valence-electron chi connectivity index (χ0n) is 13.6. The number of hydrogen-bond acceptors (Lipinski definition) is 5. The highest BCUT2D eigenvalue weighted by Gasteiger charge is 2.49. The molecule has 24 heavy (non-hydrogen) atoms. The van der Waals surface area contributed by atoms with Crippen molar-refractivity contribution in [3.05, 3.63) is 24.3 Å². The van der Waals surface area contributed by atoms with Gasteiger partial charge in [0.25, 0.3) is 0 Å². The minimum Gasteiger partial charge on any atom is -0.482 e. The summed E-state index contributed by atoms with van der Waals surface area (Å²) in [5.41, 5.74) is 6.85. The van der Waals surface area contributed by atoms with Gasteiger partial charge in [0.1, 0.15) is 5.75 Å². The second-order valence-electron chi connectivity index (χ2n) is 6.32. The number of halogens is 1. The molecule has 7 heteroatoms. The van der Waals surface area contributed by atoms with E-state index in [-0.39, 0.29) is 36.9 Å². The van der Waals surface area contributed by atoms with Crippen molar-refractivity contribution in [2.24, 2.45) is 23.5 Å². The lowest BCUT2D eigenvalue weighted by molar-refractivity contribution is -0.142. The number of hydrogen-bond donors (Lipinski definition) is 2. The lowest BCUT2D eigenvalue weighted by Crippen LogP contribution is -2.42. The number of nitrogens with one attached hydrogen (secondary N) is 1. The number of esters is 1. The van der Waals surface area contributed by atoms with Gasteiger partial charge in [0.2, 0.25) is 5.91 Å². The lowest BCUT2D eigenvalue weighted by Gasteiger charge is -2.27. The van der Waals surface area contributed by atoms with Gasteiger partial charge in [-0.15, -0.1) is 12.4 Å². The molecule has 2 bridgehead atoms. The molecule has 1 amide bonds. The number of amides is 1. The zero-order chi connectivity index (χ0) is 16.4. The van der Waals surface area contributed by atoms with Crippen LogP contribution in [0.1, 0.15) is 19.3 Å². The third-order valence-electron chi connectivity index (χ3n) is 4.97. The molecule has 0 heterocycles. The number of fused-ring (bicyclic) bond motifs is 2. The van der Waals surface area contributed by atoms with E-state index in [4.69, 9.17) is 10.5 Å². The summed E-state index contributed by atoms with van der Waals surface area (Å²) in [7, 11) is 1.31. The molecule has 0 spiro atoms. The van der Waals surface area contributed by atoms with Crippen molar-refractivity contribution in [2.45, 2.75) is 25.3 Å². The third-order valence-corrected chi connectivity index (χ3v) is 4.97. The SMILES string of the molecule is COC(=O)COc1cccc(NC(=O)C2C3CCC(C3)C2N)c1.Cl. The number of benzene rings is 1. The number of rotatable bonds is 5. The van der Waals surface area contributed by atoms with Gasteiger partial charge in [-0.1, -0.05) is 6.07 Å².